The predicted octanol–water partition coefficient (Wildman–Crippen LogP) is 6.37. The maximum atomic E-state index is 5.82. The molecule has 2 aromatic rings. The molecule has 0 aromatic heterocycles. The Morgan fingerprint density at radius 1 is 0.632 bits per heavy atom. The Morgan fingerprint density at radius 3 is 1.37 bits per heavy atom. The Morgan fingerprint density at radius 2 is 1.00 bits per heavy atom. The van der Waals surface area contributed by atoms with Gasteiger partial charge in [0.15, 0.2) is 0 Å². The first-order valence-corrected chi connectivity index (χ1v) is 7.43. The fourth-order valence-corrected chi connectivity index (χ4v) is 2.24. The molecule has 0 bridgehead atoms. The van der Waals surface area contributed by atoms with E-state index in [2.05, 4.69) is 0 Å². The number of halogens is 2. The summed E-state index contributed by atoms with van der Waals surface area (Å²) in [6.07, 6.45) is 4.10. The van der Waals surface area contributed by atoms with Crippen molar-refractivity contribution < 1.29 is 0 Å². The Labute approximate surface area is 127 Å². The van der Waals surface area contributed by atoms with Crippen molar-refractivity contribution in [1.82, 2.24) is 0 Å². The van der Waals surface area contributed by atoms with Crippen molar-refractivity contribution in [2.24, 2.45) is 0 Å². The average Bonchev–Trinajstić information content (AvgIpc) is 2.43. The molecule has 0 spiro atoms. The molecule has 0 saturated carbocycles. The standard InChI is InChI=1S/C16H12Cl2S/c17-15-5-1-13(2-6-15)9-11-19-12-10-14-3-7-16(18)8-4-14/h1-12H/b11-9+,12-10+. The summed E-state index contributed by atoms with van der Waals surface area (Å²) in [6, 6.07) is 15.5. The molecular weight excluding hydrogens is 295 g/mol. The quantitative estimate of drug-likeness (QED) is 0.632. The van der Waals surface area contributed by atoms with Gasteiger partial charge in [-0.2, -0.15) is 0 Å². The lowest BCUT2D eigenvalue weighted by atomic mass is 10.2. The molecule has 0 aliphatic carbocycles. The topological polar surface area (TPSA) is 0 Å². The van der Waals surface area contributed by atoms with Crippen LogP contribution in [0.3, 0.4) is 0 Å². The van der Waals surface area contributed by atoms with Crippen LogP contribution in [0.4, 0.5) is 0 Å². The molecule has 0 amide bonds. The van der Waals surface area contributed by atoms with Gasteiger partial charge in [-0.25, -0.2) is 0 Å². The number of rotatable bonds is 4. The van der Waals surface area contributed by atoms with E-state index in [0.717, 1.165) is 21.2 Å². The SMILES string of the molecule is Clc1ccc(/C=C/S/C=C/c2ccc(Cl)cc2)cc1. The van der Waals surface area contributed by atoms with Gasteiger partial charge in [-0.1, -0.05) is 47.5 Å². The van der Waals surface area contributed by atoms with Crippen LogP contribution < -0.4 is 0 Å². The van der Waals surface area contributed by atoms with Crippen LogP contribution in [0, 0.1) is 0 Å². The zero-order valence-electron chi connectivity index (χ0n) is 10.1. The Kier molecular flexibility index (Phi) is 5.59. The van der Waals surface area contributed by atoms with Crippen LogP contribution in [-0.2, 0) is 0 Å². The van der Waals surface area contributed by atoms with Crippen LogP contribution >= 0.6 is 35.0 Å². The summed E-state index contributed by atoms with van der Waals surface area (Å²) in [5.74, 6) is 0. The third-order valence-electron chi connectivity index (χ3n) is 2.42. The van der Waals surface area contributed by atoms with E-state index in [-0.39, 0.29) is 0 Å². The second-order valence-electron chi connectivity index (χ2n) is 3.84. The molecule has 0 aliphatic rings. The van der Waals surface area contributed by atoms with E-state index in [1.807, 2.05) is 71.5 Å². The normalized spacial score (nSPS) is 11.5. The van der Waals surface area contributed by atoms with Gasteiger partial charge >= 0.3 is 0 Å². The highest BCUT2D eigenvalue weighted by Gasteiger charge is 1.88. The summed E-state index contributed by atoms with van der Waals surface area (Å²) in [4.78, 5) is 0. The molecule has 2 aromatic carbocycles. The minimum Gasteiger partial charge on any atom is -0.106 e. The van der Waals surface area contributed by atoms with Crippen LogP contribution in [0.1, 0.15) is 11.1 Å². The number of benzene rings is 2. The highest BCUT2D eigenvalue weighted by molar-refractivity contribution is 8.05. The number of hydrogen-bond donors (Lipinski definition) is 0. The Bertz CT molecular complexity index is 515. The lowest BCUT2D eigenvalue weighted by Gasteiger charge is -1.93. The smallest absolute Gasteiger partial charge is 0.0406 e. The first-order valence-electron chi connectivity index (χ1n) is 5.74. The third-order valence-corrected chi connectivity index (χ3v) is 3.51. The molecule has 0 N–H and O–H groups in total. The van der Waals surface area contributed by atoms with Gasteiger partial charge in [-0.15, -0.1) is 11.8 Å². The third kappa shape index (κ3) is 5.15. The van der Waals surface area contributed by atoms with Crippen LogP contribution in [0.15, 0.2) is 59.3 Å². The lowest BCUT2D eigenvalue weighted by molar-refractivity contribution is 1.66. The Balaban J connectivity index is 1.86. The molecule has 0 radical (unpaired) electrons. The second kappa shape index (κ2) is 7.44. The summed E-state index contributed by atoms with van der Waals surface area (Å²) in [6.45, 7) is 0. The maximum Gasteiger partial charge on any atom is 0.0406 e. The molecule has 96 valence electrons. The molecule has 0 unspecified atom stereocenters. The summed E-state index contributed by atoms with van der Waals surface area (Å²) in [7, 11) is 0. The van der Waals surface area contributed by atoms with Gasteiger partial charge in [0.1, 0.15) is 0 Å². The van der Waals surface area contributed by atoms with E-state index >= 15 is 0 Å². The van der Waals surface area contributed by atoms with Crippen molar-refractivity contribution in [2.45, 2.75) is 0 Å². The zero-order chi connectivity index (χ0) is 13.5. The molecule has 19 heavy (non-hydrogen) atoms. The van der Waals surface area contributed by atoms with E-state index in [1.165, 1.54) is 0 Å². The Hall–Kier alpha value is -1.15. The van der Waals surface area contributed by atoms with Crippen molar-refractivity contribution in [3.63, 3.8) is 0 Å². The molecule has 3 heteroatoms. The van der Waals surface area contributed by atoms with E-state index in [9.17, 15) is 0 Å². The van der Waals surface area contributed by atoms with Gasteiger partial charge in [0.25, 0.3) is 0 Å². The zero-order valence-corrected chi connectivity index (χ0v) is 12.4. The molecule has 0 saturated heterocycles. The molecule has 0 nitrogen and oxygen atoms in total. The molecule has 0 atom stereocenters. The van der Waals surface area contributed by atoms with Crippen molar-refractivity contribution in [3.05, 3.63) is 80.5 Å². The van der Waals surface area contributed by atoms with Crippen molar-refractivity contribution in [1.29, 1.82) is 0 Å². The maximum absolute atomic E-state index is 5.82. The van der Waals surface area contributed by atoms with Crippen molar-refractivity contribution >= 4 is 47.1 Å². The minimum atomic E-state index is 0.757. The number of hydrogen-bond acceptors (Lipinski definition) is 1. The van der Waals surface area contributed by atoms with Crippen LogP contribution in [0.5, 0.6) is 0 Å². The number of thioether (sulfide) groups is 1. The largest absolute Gasteiger partial charge is 0.106 e. The fourth-order valence-electron chi connectivity index (χ4n) is 1.43. The molecule has 2 rings (SSSR count). The van der Waals surface area contributed by atoms with E-state index < -0.39 is 0 Å². The summed E-state index contributed by atoms with van der Waals surface area (Å²) in [5, 5.41) is 5.59. The first-order chi connectivity index (χ1) is 9.24. The fraction of sp³-hybridized carbons (Fsp3) is 0. The van der Waals surface area contributed by atoms with Gasteiger partial charge in [-0.05, 0) is 58.4 Å². The molecule has 0 fully saturated rings. The van der Waals surface area contributed by atoms with Gasteiger partial charge in [0.05, 0.1) is 0 Å². The van der Waals surface area contributed by atoms with Crippen LogP contribution in [0.25, 0.3) is 12.2 Å². The van der Waals surface area contributed by atoms with Gasteiger partial charge in [0, 0.05) is 10.0 Å². The predicted molar refractivity (Wildman–Crippen MR) is 88.6 cm³/mol. The van der Waals surface area contributed by atoms with Crippen LogP contribution in [0.2, 0.25) is 10.0 Å². The van der Waals surface area contributed by atoms with E-state index in [4.69, 9.17) is 23.2 Å². The minimum absolute atomic E-state index is 0.757. The first kappa shape index (κ1) is 14.3. The molecule has 0 heterocycles. The van der Waals surface area contributed by atoms with Crippen molar-refractivity contribution in [2.75, 3.05) is 0 Å². The summed E-state index contributed by atoms with van der Waals surface area (Å²) < 4.78 is 0. The highest BCUT2D eigenvalue weighted by Crippen LogP contribution is 2.15. The van der Waals surface area contributed by atoms with E-state index in [0.29, 0.717) is 0 Å². The average molecular weight is 307 g/mol. The molecular formula is C16H12Cl2S. The lowest BCUT2D eigenvalue weighted by Crippen LogP contribution is -1.69. The second-order valence-corrected chi connectivity index (χ2v) is 5.53. The van der Waals surface area contributed by atoms with Crippen molar-refractivity contribution in [3.8, 4) is 0 Å². The van der Waals surface area contributed by atoms with Gasteiger partial charge in [-0.3, -0.25) is 0 Å². The van der Waals surface area contributed by atoms with Gasteiger partial charge < -0.3 is 0 Å². The van der Waals surface area contributed by atoms with Crippen LogP contribution in [-0.4, -0.2) is 0 Å². The monoisotopic (exact) mass is 306 g/mol. The van der Waals surface area contributed by atoms with E-state index in [1.54, 1.807) is 11.8 Å². The van der Waals surface area contributed by atoms with Gasteiger partial charge in [0.2, 0.25) is 0 Å². The highest BCUT2D eigenvalue weighted by atomic mass is 35.5. The summed E-state index contributed by atoms with van der Waals surface area (Å²) in [5.41, 5.74) is 2.27. The molecule has 0 aliphatic heterocycles. The summed E-state index contributed by atoms with van der Waals surface area (Å²) >= 11 is 13.3.